The molecule has 0 aliphatic heterocycles. The highest BCUT2D eigenvalue weighted by molar-refractivity contribution is 9.10. The van der Waals surface area contributed by atoms with Crippen molar-refractivity contribution in [2.24, 2.45) is 0 Å². The van der Waals surface area contributed by atoms with E-state index in [-0.39, 0.29) is 0 Å². The molecule has 0 saturated carbocycles. The van der Waals surface area contributed by atoms with Crippen LogP contribution in [0, 0.1) is 0 Å². The molecular weight excluding hydrogens is 434 g/mol. The Bertz CT molecular complexity index is 569. The third kappa shape index (κ3) is 4.07. The number of hydrogen-bond donors (Lipinski definition) is 0. The summed E-state index contributed by atoms with van der Waals surface area (Å²) >= 11 is 10.6. The largest absolute Gasteiger partial charge is 0.370 e. The Hall–Kier alpha value is -0.320. The van der Waals surface area contributed by atoms with Crippen LogP contribution in [0.25, 0.3) is 0 Å². The van der Waals surface area contributed by atoms with Crippen LogP contribution in [0.2, 0.25) is 0 Å². The van der Waals surface area contributed by atoms with Gasteiger partial charge in [0.25, 0.3) is 0 Å². The zero-order valence-electron chi connectivity index (χ0n) is 10.5. The highest BCUT2D eigenvalue weighted by Gasteiger charge is 2.08. The minimum atomic E-state index is 0.860. The van der Waals surface area contributed by atoms with Crippen LogP contribution in [0.15, 0.2) is 51.4 Å². The molecule has 100 valence electrons. The second kappa shape index (κ2) is 6.91. The van der Waals surface area contributed by atoms with Crippen molar-refractivity contribution in [2.45, 2.75) is 11.9 Å². The molecule has 0 aromatic heterocycles. The van der Waals surface area contributed by atoms with Crippen LogP contribution in [0.4, 0.5) is 5.69 Å². The average Bonchev–Trinajstić information content (AvgIpc) is 2.38. The molecule has 0 radical (unpaired) electrons. The highest BCUT2D eigenvalue weighted by Crippen LogP contribution is 2.27. The Balaban J connectivity index is 2.24. The number of rotatable bonds is 4. The minimum absolute atomic E-state index is 0.860. The van der Waals surface area contributed by atoms with Crippen LogP contribution in [0.1, 0.15) is 11.1 Å². The molecule has 0 heterocycles. The summed E-state index contributed by atoms with van der Waals surface area (Å²) in [7, 11) is 2.12. The van der Waals surface area contributed by atoms with Gasteiger partial charge in [-0.3, -0.25) is 0 Å². The lowest BCUT2D eigenvalue weighted by Crippen LogP contribution is -2.17. The quantitative estimate of drug-likeness (QED) is 0.540. The first-order valence-electron chi connectivity index (χ1n) is 5.90. The van der Waals surface area contributed by atoms with Gasteiger partial charge in [-0.2, -0.15) is 0 Å². The second-order valence-corrected chi connectivity index (χ2v) is 6.78. The van der Waals surface area contributed by atoms with Gasteiger partial charge in [-0.1, -0.05) is 66.0 Å². The minimum Gasteiger partial charge on any atom is -0.370 e. The predicted octanol–water partition coefficient (Wildman–Crippen LogP) is 5.74. The van der Waals surface area contributed by atoms with Crippen LogP contribution < -0.4 is 4.90 Å². The molecule has 1 nitrogen and oxygen atoms in total. The molecule has 0 aliphatic carbocycles. The van der Waals surface area contributed by atoms with Gasteiger partial charge in [0, 0.05) is 33.6 Å². The van der Waals surface area contributed by atoms with E-state index in [9.17, 15) is 0 Å². The maximum absolute atomic E-state index is 3.55. The van der Waals surface area contributed by atoms with Gasteiger partial charge in [-0.05, 0) is 35.4 Å². The lowest BCUT2D eigenvalue weighted by atomic mass is 10.1. The lowest BCUT2D eigenvalue weighted by Gasteiger charge is -2.22. The molecule has 0 fully saturated rings. The summed E-state index contributed by atoms with van der Waals surface area (Å²) in [5, 5.41) is 0.860. The number of nitrogens with zero attached hydrogens (tertiary/aromatic N) is 1. The molecule has 4 heteroatoms. The highest BCUT2D eigenvalue weighted by atomic mass is 79.9. The molecular formula is C15H14Br3N. The van der Waals surface area contributed by atoms with Gasteiger partial charge < -0.3 is 4.90 Å². The van der Waals surface area contributed by atoms with Crippen molar-refractivity contribution in [3.05, 3.63) is 62.5 Å². The summed E-state index contributed by atoms with van der Waals surface area (Å²) in [4.78, 5) is 2.27. The van der Waals surface area contributed by atoms with Crippen molar-refractivity contribution in [2.75, 3.05) is 11.9 Å². The first-order chi connectivity index (χ1) is 9.10. The van der Waals surface area contributed by atoms with Crippen LogP contribution in [-0.2, 0) is 11.9 Å². The first-order valence-corrected chi connectivity index (χ1v) is 8.61. The molecule has 0 atom stereocenters. The third-order valence-corrected chi connectivity index (χ3v) is 4.50. The van der Waals surface area contributed by atoms with E-state index < -0.39 is 0 Å². The van der Waals surface area contributed by atoms with Crippen LogP contribution in [0.3, 0.4) is 0 Å². The van der Waals surface area contributed by atoms with Crippen molar-refractivity contribution in [1.82, 2.24) is 0 Å². The van der Waals surface area contributed by atoms with Crippen molar-refractivity contribution in [3.8, 4) is 0 Å². The zero-order chi connectivity index (χ0) is 13.8. The normalized spacial score (nSPS) is 10.5. The molecule has 0 amide bonds. The van der Waals surface area contributed by atoms with E-state index in [0.717, 1.165) is 20.8 Å². The Kier molecular flexibility index (Phi) is 5.48. The van der Waals surface area contributed by atoms with Gasteiger partial charge in [0.15, 0.2) is 0 Å². The number of alkyl halides is 1. The molecule has 0 unspecified atom stereocenters. The summed E-state index contributed by atoms with van der Waals surface area (Å²) in [6, 6.07) is 14.8. The number of benzene rings is 2. The van der Waals surface area contributed by atoms with E-state index in [2.05, 4.69) is 96.1 Å². The molecule has 2 aromatic rings. The number of hydrogen-bond acceptors (Lipinski definition) is 1. The summed E-state index contributed by atoms with van der Waals surface area (Å²) in [6.07, 6.45) is 0. The number of anilines is 1. The summed E-state index contributed by atoms with van der Waals surface area (Å²) in [5.74, 6) is 0. The Morgan fingerprint density at radius 2 is 1.74 bits per heavy atom. The smallest absolute Gasteiger partial charge is 0.0426 e. The molecule has 0 bridgehead atoms. The van der Waals surface area contributed by atoms with Crippen molar-refractivity contribution in [1.29, 1.82) is 0 Å². The van der Waals surface area contributed by atoms with E-state index >= 15 is 0 Å². The molecule has 0 spiro atoms. The van der Waals surface area contributed by atoms with Gasteiger partial charge in [0.05, 0.1) is 0 Å². The second-order valence-electron chi connectivity index (χ2n) is 4.39. The van der Waals surface area contributed by atoms with E-state index in [1.807, 2.05) is 6.07 Å². The zero-order valence-corrected chi connectivity index (χ0v) is 15.3. The van der Waals surface area contributed by atoms with Crippen LogP contribution >= 0.6 is 47.8 Å². The van der Waals surface area contributed by atoms with Gasteiger partial charge in [-0.15, -0.1) is 0 Å². The molecule has 0 aliphatic rings. The fourth-order valence-corrected chi connectivity index (χ4v) is 3.27. The van der Waals surface area contributed by atoms with E-state index in [4.69, 9.17) is 0 Å². The van der Waals surface area contributed by atoms with Crippen LogP contribution in [0.5, 0.6) is 0 Å². The molecule has 0 N–H and O–H groups in total. The van der Waals surface area contributed by atoms with Crippen LogP contribution in [-0.4, -0.2) is 7.05 Å². The molecule has 2 rings (SSSR count). The molecule has 0 saturated heterocycles. The Labute approximate surface area is 139 Å². The number of halogens is 3. The molecule has 2 aromatic carbocycles. The summed E-state index contributed by atoms with van der Waals surface area (Å²) in [5.41, 5.74) is 3.82. The summed E-state index contributed by atoms with van der Waals surface area (Å²) in [6.45, 7) is 0.885. The topological polar surface area (TPSA) is 3.24 Å². The van der Waals surface area contributed by atoms with Crippen molar-refractivity contribution < 1.29 is 0 Å². The molecule has 19 heavy (non-hydrogen) atoms. The van der Waals surface area contributed by atoms with Gasteiger partial charge in [0.1, 0.15) is 0 Å². The van der Waals surface area contributed by atoms with E-state index in [1.165, 1.54) is 16.8 Å². The van der Waals surface area contributed by atoms with E-state index in [0.29, 0.717) is 0 Å². The average molecular weight is 448 g/mol. The first kappa shape index (κ1) is 15.1. The van der Waals surface area contributed by atoms with Gasteiger partial charge in [-0.25, -0.2) is 0 Å². The maximum Gasteiger partial charge on any atom is 0.0426 e. The Morgan fingerprint density at radius 1 is 1.00 bits per heavy atom. The standard InChI is InChI=1S/C15H14Br3N/c1-19(10-11-3-2-4-13(17)7-11)15-8-14(18)6-5-12(15)9-16/h2-8H,9-10H2,1H3. The monoisotopic (exact) mass is 445 g/mol. The fourth-order valence-electron chi connectivity index (χ4n) is 2.00. The predicted molar refractivity (Wildman–Crippen MR) is 93.0 cm³/mol. The summed E-state index contributed by atoms with van der Waals surface area (Å²) < 4.78 is 2.22. The lowest BCUT2D eigenvalue weighted by molar-refractivity contribution is 0.915. The SMILES string of the molecule is CN(Cc1cccc(Br)c1)c1cc(Br)ccc1CBr. The van der Waals surface area contributed by atoms with Crippen molar-refractivity contribution in [3.63, 3.8) is 0 Å². The third-order valence-electron chi connectivity index (χ3n) is 2.91. The fraction of sp³-hybridized carbons (Fsp3) is 0.200. The van der Waals surface area contributed by atoms with Gasteiger partial charge in [0.2, 0.25) is 0 Å². The van der Waals surface area contributed by atoms with E-state index in [1.54, 1.807) is 0 Å². The van der Waals surface area contributed by atoms with Crippen molar-refractivity contribution >= 4 is 53.5 Å². The maximum atomic E-state index is 3.55. The Morgan fingerprint density at radius 3 is 2.42 bits per heavy atom. The van der Waals surface area contributed by atoms with Gasteiger partial charge >= 0.3 is 0 Å².